The minimum absolute atomic E-state index is 0.0670. The lowest BCUT2D eigenvalue weighted by atomic mass is 10.0. The third-order valence-corrected chi connectivity index (χ3v) is 6.41. The first-order valence-electron chi connectivity index (χ1n) is 11.7. The molecule has 0 unspecified atom stereocenters. The summed E-state index contributed by atoms with van der Waals surface area (Å²) in [6.07, 6.45) is 0.355. The lowest BCUT2D eigenvalue weighted by molar-refractivity contribution is -0.132. The average Bonchev–Trinajstić information content (AvgIpc) is 3.19. The molecule has 2 heterocycles. The summed E-state index contributed by atoms with van der Waals surface area (Å²) in [6.45, 7) is 3.32. The largest absolute Gasteiger partial charge is 0.494 e. The van der Waals surface area contributed by atoms with E-state index in [0.29, 0.717) is 34.3 Å². The molecule has 6 nitrogen and oxygen atoms in total. The molecule has 2 N–H and O–H groups in total. The van der Waals surface area contributed by atoms with Crippen LogP contribution >= 0.6 is 0 Å². The first kappa shape index (κ1) is 22.8. The van der Waals surface area contributed by atoms with E-state index < -0.39 is 0 Å². The van der Waals surface area contributed by atoms with Gasteiger partial charge in [0.1, 0.15) is 5.82 Å². The van der Waals surface area contributed by atoms with Crippen LogP contribution in [0.2, 0.25) is 0 Å². The molecule has 0 aliphatic carbocycles. The SMILES string of the molecule is CN1CCN(C(=O)Cc2ccc(N=C(c3ccccc3)c3c(O)[nH]c4cc(F)ccc34)cc2)CC1. The number of halogens is 1. The van der Waals surface area contributed by atoms with E-state index in [4.69, 9.17) is 4.99 Å². The molecule has 3 aromatic carbocycles. The van der Waals surface area contributed by atoms with E-state index in [9.17, 15) is 14.3 Å². The Balaban J connectivity index is 1.45. The maximum atomic E-state index is 13.8. The number of benzene rings is 3. The Morgan fingerprint density at radius 2 is 1.71 bits per heavy atom. The fourth-order valence-electron chi connectivity index (χ4n) is 4.42. The normalized spacial score (nSPS) is 15.0. The number of H-pyrrole nitrogens is 1. The van der Waals surface area contributed by atoms with Crippen molar-refractivity contribution in [2.24, 2.45) is 4.99 Å². The van der Waals surface area contributed by atoms with E-state index in [1.165, 1.54) is 12.1 Å². The summed E-state index contributed by atoms with van der Waals surface area (Å²) in [5, 5.41) is 11.4. The highest BCUT2D eigenvalue weighted by atomic mass is 19.1. The summed E-state index contributed by atoms with van der Waals surface area (Å²) in [6, 6.07) is 21.5. The van der Waals surface area contributed by atoms with E-state index in [2.05, 4.69) is 16.9 Å². The fourth-order valence-corrected chi connectivity index (χ4v) is 4.42. The van der Waals surface area contributed by atoms with Crippen LogP contribution in [0.5, 0.6) is 5.88 Å². The number of likely N-dealkylation sites (N-methyl/N-ethyl adjacent to an activating group) is 1. The summed E-state index contributed by atoms with van der Waals surface area (Å²) in [5.74, 6) is -0.317. The number of carbonyl (C=O) groups is 1. The highest BCUT2D eigenvalue weighted by Gasteiger charge is 2.20. The second kappa shape index (κ2) is 9.72. The van der Waals surface area contributed by atoms with Gasteiger partial charge in [-0.1, -0.05) is 42.5 Å². The number of fused-ring (bicyclic) bond motifs is 1. The molecule has 0 bridgehead atoms. The van der Waals surface area contributed by atoms with Crippen molar-refractivity contribution in [1.82, 2.24) is 14.8 Å². The number of aromatic amines is 1. The van der Waals surface area contributed by atoms with Gasteiger partial charge in [-0.05, 0) is 42.9 Å². The lowest BCUT2D eigenvalue weighted by Gasteiger charge is -2.32. The van der Waals surface area contributed by atoms with Crippen molar-refractivity contribution in [3.8, 4) is 5.88 Å². The summed E-state index contributed by atoms with van der Waals surface area (Å²) in [7, 11) is 2.07. The number of nitrogens with one attached hydrogen (secondary N) is 1. The van der Waals surface area contributed by atoms with Gasteiger partial charge < -0.3 is 19.9 Å². The smallest absolute Gasteiger partial charge is 0.227 e. The molecular formula is C28H27FN4O2. The number of aromatic hydroxyl groups is 1. The molecule has 1 amide bonds. The Bertz CT molecular complexity index is 1370. The zero-order valence-corrected chi connectivity index (χ0v) is 19.5. The molecule has 4 aromatic rings. The first-order valence-corrected chi connectivity index (χ1v) is 11.7. The Labute approximate surface area is 203 Å². The standard InChI is InChI=1S/C28H27FN4O2/c1-32-13-15-33(16-14-32)25(34)17-19-7-10-22(11-8-19)30-27(20-5-3-2-4-6-20)26-23-12-9-21(29)18-24(23)31-28(26)35/h2-12,18,31,35H,13-17H2,1H3. The van der Waals surface area contributed by atoms with Crippen LogP contribution in [0.3, 0.4) is 0 Å². The van der Waals surface area contributed by atoms with Crippen molar-refractivity contribution in [2.75, 3.05) is 33.2 Å². The number of hydrogen-bond donors (Lipinski definition) is 2. The molecule has 1 saturated heterocycles. The quantitative estimate of drug-likeness (QED) is 0.422. The molecule has 5 rings (SSSR count). The molecule has 0 radical (unpaired) electrons. The van der Waals surface area contributed by atoms with Gasteiger partial charge in [0.2, 0.25) is 5.91 Å². The number of aromatic nitrogens is 1. The predicted octanol–water partition coefficient (Wildman–Crippen LogP) is 4.50. The zero-order chi connectivity index (χ0) is 24.4. The monoisotopic (exact) mass is 470 g/mol. The van der Waals surface area contributed by atoms with Gasteiger partial charge in [-0.25, -0.2) is 9.38 Å². The summed E-state index contributed by atoms with van der Waals surface area (Å²) < 4.78 is 13.8. The minimum atomic E-state index is -0.384. The van der Waals surface area contributed by atoms with Crippen molar-refractivity contribution in [2.45, 2.75) is 6.42 Å². The Kier molecular flexibility index (Phi) is 6.33. The molecule has 1 aliphatic heterocycles. The average molecular weight is 471 g/mol. The highest BCUT2D eigenvalue weighted by Crippen LogP contribution is 2.32. The van der Waals surface area contributed by atoms with Crippen molar-refractivity contribution in [1.29, 1.82) is 0 Å². The summed E-state index contributed by atoms with van der Waals surface area (Å²) >= 11 is 0. The molecule has 178 valence electrons. The molecule has 0 spiro atoms. The van der Waals surface area contributed by atoms with Crippen LogP contribution < -0.4 is 0 Å². The number of piperazine rings is 1. The fraction of sp³-hybridized carbons (Fsp3) is 0.214. The van der Waals surface area contributed by atoms with Crippen molar-refractivity contribution < 1.29 is 14.3 Å². The van der Waals surface area contributed by atoms with Crippen LogP contribution in [0.25, 0.3) is 10.9 Å². The molecule has 7 heteroatoms. The predicted molar refractivity (Wildman–Crippen MR) is 136 cm³/mol. The topological polar surface area (TPSA) is 71.9 Å². The maximum Gasteiger partial charge on any atom is 0.227 e. The van der Waals surface area contributed by atoms with Gasteiger partial charge >= 0.3 is 0 Å². The number of aliphatic imine (C=N–C) groups is 1. The van der Waals surface area contributed by atoms with E-state index in [0.717, 1.165) is 37.3 Å². The van der Waals surface area contributed by atoms with Gasteiger partial charge in [-0.2, -0.15) is 0 Å². The number of amides is 1. The second-order valence-corrected chi connectivity index (χ2v) is 8.89. The third kappa shape index (κ3) is 4.95. The van der Waals surface area contributed by atoms with E-state index >= 15 is 0 Å². The first-order chi connectivity index (χ1) is 17.0. The maximum absolute atomic E-state index is 13.8. The van der Waals surface area contributed by atoms with Crippen LogP contribution in [-0.4, -0.2) is 64.7 Å². The molecule has 1 aliphatic rings. The number of hydrogen-bond acceptors (Lipinski definition) is 4. The number of nitrogens with zero attached hydrogens (tertiary/aromatic N) is 3. The Morgan fingerprint density at radius 1 is 1.00 bits per heavy atom. The van der Waals surface area contributed by atoms with Crippen molar-refractivity contribution in [3.63, 3.8) is 0 Å². The van der Waals surface area contributed by atoms with Crippen LogP contribution in [0, 0.1) is 5.82 Å². The van der Waals surface area contributed by atoms with E-state index in [1.54, 1.807) is 6.07 Å². The molecular weight excluding hydrogens is 443 g/mol. The van der Waals surface area contributed by atoms with Gasteiger partial charge in [-0.15, -0.1) is 0 Å². The molecule has 1 fully saturated rings. The van der Waals surface area contributed by atoms with Crippen molar-refractivity contribution in [3.05, 3.63) is 95.3 Å². The van der Waals surface area contributed by atoms with Crippen LogP contribution in [0.4, 0.5) is 10.1 Å². The third-order valence-electron chi connectivity index (χ3n) is 6.41. The Morgan fingerprint density at radius 3 is 2.43 bits per heavy atom. The zero-order valence-electron chi connectivity index (χ0n) is 19.5. The molecule has 0 saturated carbocycles. The van der Waals surface area contributed by atoms with E-state index in [1.807, 2.05) is 59.5 Å². The van der Waals surface area contributed by atoms with Gasteiger partial charge in [0.05, 0.1) is 28.9 Å². The Hall–Kier alpha value is -3.97. The molecule has 35 heavy (non-hydrogen) atoms. The summed E-state index contributed by atoms with van der Waals surface area (Å²) in [4.78, 5) is 24.6. The molecule has 1 aromatic heterocycles. The van der Waals surface area contributed by atoms with Gasteiger partial charge in [0.15, 0.2) is 5.88 Å². The van der Waals surface area contributed by atoms with Crippen LogP contribution in [-0.2, 0) is 11.2 Å². The number of rotatable bonds is 5. The lowest BCUT2D eigenvalue weighted by Crippen LogP contribution is -2.47. The highest BCUT2D eigenvalue weighted by molar-refractivity contribution is 6.21. The molecule has 0 atom stereocenters. The van der Waals surface area contributed by atoms with Crippen LogP contribution in [0.15, 0.2) is 77.8 Å². The second-order valence-electron chi connectivity index (χ2n) is 8.89. The minimum Gasteiger partial charge on any atom is -0.494 e. The summed E-state index contributed by atoms with van der Waals surface area (Å²) in [5.41, 5.74) is 4.03. The number of carbonyl (C=O) groups excluding carboxylic acids is 1. The van der Waals surface area contributed by atoms with E-state index in [-0.39, 0.29) is 17.6 Å². The van der Waals surface area contributed by atoms with Gasteiger partial charge in [-0.3, -0.25) is 4.79 Å². The van der Waals surface area contributed by atoms with Gasteiger partial charge in [0.25, 0.3) is 0 Å². The van der Waals surface area contributed by atoms with Gasteiger partial charge in [0, 0.05) is 37.1 Å². The van der Waals surface area contributed by atoms with Crippen LogP contribution in [0.1, 0.15) is 16.7 Å². The van der Waals surface area contributed by atoms with Crippen molar-refractivity contribution >= 4 is 28.2 Å².